The van der Waals surface area contributed by atoms with Crippen LogP contribution in [0.3, 0.4) is 0 Å². The van der Waals surface area contributed by atoms with Gasteiger partial charge in [-0.25, -0.2) is 4.39 Å². The molecule has 0 atom stereocenters. The fourth-order valence-electron chi connectivity index (χ4n) is 1.58. The summed E-state index contributed by atoms with van der Waals surface area (Å²) in [5.41, 5.74) is 0.430. The molecule has 4 nitrogen and oxygen atoms in total. The van der Waals surface area contributed by atoms with Gasteiger partial charge in [0.1, 0.15) is 11.6 Å². The number of carboxylic acids is 1. The number of nitrogens with zero attached hydrogens (tertiary/aromatic N) is 1. The van der Waals surface area contributed by atoms with Gasteiger partial charge in [0.2, 0.25) is 0 Å². The van der Waals surface area contributed by atoms with E-state index in [-0.39, 0.29) is 13.1 Å². The molecule has 0 fully saturated rings. The molecular formula is C13H16FNO3. The van der Waals surface area contributed by atoms with Crippen molar-refractivity contribution in [1.29, 1.82) is 0 Å². The third kappa shape index (κ3) is 4.18. The Bertz CT molecular complexity index is 434. The number of aliphatic carboxylic acids is 1. The molecule has 1 aromatic rings. The summed E-state index contributed by atoms with van der Waals surface area (Å²) < 4.78 is 18.6. The number of rotatable bonds is 7. The van der Waals surface area contributed by atoms with E-state index in [9.17, 15) is 9.18 Å². The molecular weight excluding hydrogens is 237 g/mol. The van der Waals surface area contributed by atoms with E-state index in [0.717, 1.165) is 0 Å². The molecule has 0 saturated carbocycles. The quantitative estimate of drug-likeness (QED) is 0.754. The van der Waals surface area contributed by atoms with Gasteiger partial charge in [-0.05, 0) is 6.07 Å². The predicted molar refractivity (Wildman–Crippen MR) is 66.1 cm³/mol. The first kappa shape index (κ1) is 14.2. The molecule has 0 radical (unpaired) electrons. The van der Waals surface area contributed by atoms with E-state index in [2.05, 4.69) is 6.58 Å². The van der Waals surface area contributed by atoms with Gasteiger partial charge in [-0.3, -0.25) is 9.69 Å². The van der Waals surface area contributed by atoms with Crippen molar-refractivity contribution in [2.75, 3.05) is 20.2 Å². The second-order valence-electron chi connectivity index (χ2n) is 3.81. The minimum Gasteiger partial charge on any atom is -0.497 e. The minimum atomic E-state index is -0.953. The van der Waals surface area contributed by atoms with Gasteiger partial charge < -0.3 is 9.84 Å². The summed E-state index contributed by atoms with van der Waals surface area (Å²) in [5.74, 6) is -0.927. The Morgan fingerprint density at radius 3 is 2.83 bits per heavy atom. The number of carbonyl (C=O) groups is 1. The number of hydrogen-bond donors (Lipinski definition) is 1. The van der Waals surface area contributed by atoms with Crippen molar-refractivity contribution in [3.63, 3.8) is 0 Å². The summed E-state index contributed by atoms with van der Waals surface area (Å²) in [4.78, 5) is 12.3. The maximum Gasteiger partial charge on any atom is 0.317 e. The summed E-state index contributed by atoms with van der Waals surface area (Å²) in [6.07, 6.45) is 1.59. The van der Waals surface area contributed by atoms with Gasteiger partial charge in [-0.15, -0.1) is 6.58 Å². The van der Waals surface area contributed by atoms with E-state index >= 15 is 0 Å². The number of carboxylic acid groups (broad SMARTS) is 1. The van der Waals surface area contributed by atoms with Gasteiger partial charge in [0.05, 0.1) is 13.7 Å². The summed E-state index contributed by atoms with van der Waals surface area (Å²) in [7, 11) is 1.46. The van der Waals surface area contributed by atoms with Crippen LogP contribution in [0, 0.1) is 5.82 Å². The van der Waals surface area contributed by atoms with Gasteiger partial charge in [-0.1, -0.05) is 12.1 Å². The number of ether oxygens (including phenoxy) is 1. The standard InChI is InChI=1S/C13H16FNO3/c1-3-6-15(9-13(16)17)8-10-4-5-11(18-2)7-12(10)14/h3-5,7H,1,6,8-9H2,2H3,(H,16,17). The van der Waals surface area contributed by atoms with Gasteiger partial charge in [0.25, 0.3) is 0 Å². The van der Waals surface area contributed by atoms with Crippen LogP contribution in [0.5, 0.6) is 5.75 Å². The van der Waals surface area contributed by atoms with Gasteiger partial charge in [0.15, 0.2) is 0 Å². The second-order valence-corrected chi connectivity index (χ2v) is 3.81. The molecule has 1 aromatic carbocycles. The Labute approximate surface area is 105 Å². The predicted octanol–water partition coefficient (Wildman–Crippen LogP) is 1.91. The van der Waals surface area contributed by atoms with E-state index in [1.165, 1.54) is 13.2 Å². The van der Waals surface area contributed by atoms with Gasteiger partial charge >= 0.3 is 5.97 Å². The number of methoxy groups -OCH3 is 1. The average molecular weight is 253 g/mol. The van der Waals surface area contributed by atoms with Crippen LogP contribution < -0.4 is 4.74 Å². The molecule has 18 heavy (non-hydrogen) atoms. The van der Waals surface area contributed by atoms with Crippen molar-refractivity contribution >= 4 is 5.97 Å². The Kier molecular flexibility index (Phi) is 5.32. The maximum absolute atomic E-state index is 13.7. The summed E-state index contributed by atoms with van der Waals surface area (Å²) in [6, 6.07) is 4.51. The van der Waals surface area contributed by atoms with Crippen LogP contribution in [0.4, 0.5) is 4.39 Å². The van der Waals surface area contributed by atoms with E-state index in [4.69, 9.17) is 9.84 Å². The van der Waals surface area contributed by atoms with E-state index in [1.807, 2.05) is 0 Å². The van der Waals surface area contributed by atoms with Crippen molar-refractivity contribution < 1.29 is 19.0 Å². The Morgan fingerprint density at radius 2 is 2.33 bits per heavy atom. The molecule has 0 bridgehead atoms. The zero-order valence-electron chi connectivity index (χ0n) is 10.2. The molecule has 0 aliphatic rings. The van der Waals surface area contributed by atoms with Crippen LogP contribution in [0.25, 0.3) is 0 Å². The Balaban J connectivity index is 2.79. The number of hydrogen-bond acceptors (Lipinski definition) is 3. The SMILES string of the molecule is C=CCN(CC(=O)O)Cc1ccc(OC)cc1F. The molecule has 1 N–H and O–H groups in total. The molecule has 0 spiro atoms. The number of benzene rings is 1. The largest absolute Gasteiger partial charge is 0.497 e. The van der Waals surface area contributed by atoms with Crippen LogP contribution in [0.1, 0.15) is 5.56 Å². The molecule has 0 heterocycles. The lowest BCUT2D eigenvalue weighted by Crippen LogP contribution is -2.29. The summed E-state index contributed by atoms with van der Waals surface area (Å²) >= 11 is 0. The Hall–Kier alpha value is -1.88. The zero-order valence-corrected chi connectivity index (χ0v) is 10.2. The maximum atomic E-state index is 13.7. The van der Waals surface area contributed by atoms with E-state index in [1.54, 1.807) is 23.1 Å². The molecule has 0 aromatic heterocycles. The van der Waals surface area contributed by atoms with Crippen LogP contribution in [-0.2, 0) is 11.3 Å². The van der Waals surface area contributed by atoms with E-state index in [0.29, 0.717) is 17.9 Å². The molecule has 0 unspecified atom stereocenters. The second kappa shape index (κ2) is 6.76. The average Bonchev–Trinajstić information content (AvgIpc) is 2.31. The van der Waals surface area contributed by atoms with Crippen molar-refractivity contribution in [3.05, 3.63) is 42.2 Å². The molecule has 0 aliphatic carbocycles. The minimum absolute atomic E-state index is 0.155. The Morgan fingerprint density at radius 1 is 1.61 bits per heavy atom. The van der Waals surface area contributed by atoms with Crippen LogP contribution >= 0.6 is 0 Å². The van der Waals surface area contributed by atoms with Crippen molar-refractivity contribution in [1.82, 2.24) is 4.90 Å². The monoisotopic (exact) mass is 253 g/mol. The molecule has 98 valence electrons. The van der Waals surface area contributed by atoms with Gasteiger partial charge in [-0.2, -0.15) is 0 Å². The lowest BCUT2D eigenvalue weighted by molar-refractivity contribution is -0.138. The highest BCUT2D eigenvalue weighted by Crippen LogP contribution is 2.17. The van der Waals surface area contributed by atoms with E-state index < -0.39 is 11.8 Å². The van der Waals surface area contributed by atoms with Crippen molar-refractivity contribution in [3.8, 4) is 5.75 Å². The first-order valence-corrected chi connectivity index (χ1v) is 5.44. The topological polar surface area (TPSA) is 49.8 Å². The zero-order chi connectivity index (χ0) is 13.5. The highest BCUT2D eigenvalue weighted by Gasteiger charge is 2.12. The number of halogens is 1. The molecule has 1 rings (SSSR count). The fourth-order valence-corrected chi connectivity index (χ4v) is 1.58. The smallest absolute Gasteiger partial charge is 0.317 e. The lowest BCUT2D eigenvalue weighted by atomic mass is 10.2. The van der Waals surface area contributed by atoms with Crippen molar-refractivity contribution in [2.45, 2.75) is 6.54 Å². The molecule has 0 saturated heterocycles. The normalized spacial score (nSPS) is 10.4. The van der Waals surface area contributed by atoms with Crippen LogP contribution in [-0.4, -0.2) is 36.2 Å². The lowest BCUT2D eigenvalue weighted by Gasteiger charge is -2.18. The molecule has 0 amide bonds. The molecule has 5 heteroatoms. The third-order valence-corrected chi connectivity index (χ3v) is 2.40. The van der Waals surface area contributed by atoms with Crippen molar-refractivity contribution in [2.24, 2.45) is 0 Å². The fraction of sp³-hybridized carbons (Fsp3) is 0.308. The summed E-state index contributed by atoms with van der Waals surface area (Å²) in [6.45, 7) is 4.00. The molecule has 0 aliphatic heterocycles. The van der Waals surface area contributed by atoms with Gasteiger partial charge in [0, 0.05) is 24.7 Å². The summed E-state index contributed by atoms with van der Waals surface area (Å²) in [5, 5.41) is 8.75. The van der Waals surface area contributed by atoms with Crippen LogP contribution in [0.2, 0.25) is 0 Å². The first-order valence-electron chi connectivity index (χ1n) is 5.44. The van der Waals surface area contributed by atoms with Crippen LogP contribution in [0.15, 0.2) is 30.9 Å². The first-order chi connectivity index (χ1) is 8.56. The third-order valence-electron chi connectivity index (χ3n) is 2.40. The highest BCUT2D eigenvalue weighted by atomic mass is 19.1. The highest BCUT2D eigenvalue weighted by molar-refractivity contribution is 5.69.